The fraction of sp³-hybridized carbons (Fsp3) is 0.688. The highest BCUT2D eigenvalue weighted by Gasteiger charge is 2.40. The van der Waals surface area contributed by atoms with E-state index in [1.807, 2.05) is 18.3 Å². The summed E-state index contributed by atoms with van der Waals surface area (Å²) < 4.78 is 11.5. The van der Waals surface area contributed by atoms with E-state index >= 15 is 0 Å². The number of aliphatic hydroxyl groups excluding tert-OH is 1. The van der Waals surface area contributed by atoms with E-state index in [2.05, 4.69) is 4.98 Å². The molecule has 1 aromatic heterocycles. The van der Waals surface area contributed by atoms with Crippen LogP contribution in [0.2, 0.25) is 0 Å². The second-order valence-electron chi connectivity index (χ2n) is 6.03. The summed E-state index contributed by atoms with van der Waals surface area (Å²) in [5.74, 6) is 0.321. The van der Waals surface area contributed by atoms with E-state index < -0.39 is 0 Å². The molecule has 2 aliphatic rings. The Kier molecular flexibility index (Phi) is 4.34. The lowest BCUT2D eigenvalue weighted by Gasteiger charge is -2.44. The summed E-state index contributed by atoms with van der Waals surface area (Å²) in [4.78, 5) is 4.11. The zero-order valence-corrected chi connectivity index (χ0v) is 11.8. The van der Waals surface area contributed by atoms with Crippen LogP contribution in [0.5, 0.6) is 0 Å². The van der Waals surface area contributed by atoms with E-state index in [0.717, 1.165) is 51.1 Å². The first-order valence-corrected chi connectivity index (χ1v) is 7.56. The third kappa shape index (κ3) is 3.19. The minimum Gasteiger partial charge on any atom is -0.392 e. The minimum atomic E-state index is -0.303. The molecule has 0 aromatic carbocycles. The Bertz CT molecular complexity index is 411. The first-order chi connectivity index (χ1) is 9.77. The van der Waals surface area contributed by atoms with Gasteiger partial charge in [-0.05, 0) is 43.2 Å². The number of rotatable bonds is 3. The van der Waals surface area contributed by atoms with Gasteiger partial charge in [0, 0.05) is 38.6 Å². The molecule has 0 saturated carbocycles. The number of pyridine rings is 1. The first-order valence-electron chi connectivity index (χ1n) is 7.56. The molecule has 20 heavy (non-hydrogen) atoms. The van der Waals surface area contributed by atoms with Crippen LogP contribution >= 0.6 is 0 Å². The molecule has 2 unspecified atom stereocenters. The Labute approximate surface area is 120 Å². The van der Waals surface area contributed by atoms with Crippen LogP contribution in [0.25, 0.3) is 0 Å². The third-order valence-corrected chi connectivity index (χ3v) is 4.65. The van der Waals surface area contributed by atoms with Crippen LogP contribution in [-0.2, 0) is 15.9 Å². The number of hydrogen-bond donors (Lipinski definition) is 1. The Balaban J connectivity index is 1.61. The zero-order valence-electron chi connectivity index (χ0n) is 11.8. The van der Waals surface area contributed by atoms with Gasteiger partial charge in [0.2, 0.25) is 0 Å². The van der Waals surface area contributed by atoms with Crippen LogP contribution in [0.4, 0.5) is 0 Å². The molecule has 2 saturated heterocycles. The molecule has 110 valence electrons. The maximum atomic E-state index is 10.5. The smallest absolute Gasteiger partial charge is 0.0730 e. The van der Waals surface area contributed by atoms with Gasteiger partial charge in [0.05, 0.1) is 11.7 Å². The van der Waals surface area contributed by atoms with E-state index in [-0.39, 0.29) is 11.7 Å². The predicted molar refractivity (Wildman–Crippen MR) is 75.4 cm³/mol. The fourth-order valence-corrected chi connectivity index (χ4v) is 3.41. The molecule has 0 aliphatic carbocycles. The Morgan fingerprint density at radius 3 is 2.95 bits per heavy atom. The molecule has 0 amide bonds. The van der Waals surface area contributed by atoms with Gasteiger partial charge in [0.15, 0.2) is 0 Å². The molecule has 0 radical (unpaired) electrons. The van der Waals surface area contributed by atoms with Gasteiger partial charge in [0.1, 0.15) is 0 Å². The SMILES string of the molecule is OC(Cc1cccnc1)C1CCOC2(CCOCC2)C1. The molecule has 1 N–H and O–H groups in total. The van der Waals surface area contributed by atoms with Gasteiger partial charge < -0.3 is 14.6 Å². The number of hydrogen-bond acceptors (Lipinski definition) is 4. The van der Waals surface area contributed by atoms with Crippen molar-refractivity contribution in [2.75, 3.05) is 19.8 Å². The maximum Gasteiger partial charge on any atom is 0.0730 e. The van der Waals surface area contributed by atoms with Gasteiger partial charge in [-0.15, -0.1) is 0 Å². The van der Waals surface area contributed by atoms with Crippen LogP contribution in [0.3, 0.4) is 0 Å². The van der Waals surface area contributed by atoms with Gasteiger partial charge in [0.25, 0.3) is 0 Å². The van der Waals surface area contributed by atoms with Gasteiger partial charge in [-0.3, -0.25) is 4.98 Å². The summed E-state index contributed by atoms with van der Waals surface area (Å²) in [5.41, 5.74) is 1.06. The molecule has 2 atom stereocenters. The average molecular weight is 277 g/mol. The summed E-state index contributed by atoms with van der Waals surface area (Å²) in [6.45, 7) is 2.33. The van der Waals surface area contributed by atoms with Crippen molar-refractivity contribution in [1.29, 1.82) is 0 Å². The summed E-state index contributed by atoms with van der Waals surface area (Å²) in [6.07, 6.45) is 7.82. The number of nitrogens with zero attached hydrogens (tertiary/aromatic N) is 1. The molecular formula is C16H23NO3. The van der Waals surface area contributed by atoms with Crippen molar-refractivity contribution in [3.05, 3.63) is 30.1 Å². The Hall–Kier alpha value is -0.970. The highest BCUT2D eigenvalue weighted by atomic mass is 16.5. The second-order valence-corrected chi connectivity index (χ2v) is 6.03. The third-order valence-electron chi connectivity index (χ3n) is 4.65. The van der Waals surface area contributed by atoms with Crippen molar-refractivity contribution in [2.45, 2.75) is 43.8 Å². The Morgan fingerprint density at radius 2 is 2.20 bits per heavy atom. The van der Waals surface area contributed by atoms with Gasteiger partial charge >= 0.3 is 0 Å². The standard InChI is InChI=1S/C16H23NO3/c18-15(10-13-2-1-6-17-12-13)14-3-7-20-16(11-14)4-8-19-9-5-16/h1-2,6,12,14-15,18H,3-5,7-11H2. The molecule has 4 heteroatoms. The summed E-state index contributed by atoms with van der Waals surface area (Å²) in [6, 6.07) is 3.95. The lowest BCUT2D eigenvalue weighted by molar-refractivity contribution is -0.158. The molecule has 2 aliphatic heterocycles. The van der Waals surface area contributed by atoms with E-state index in [0.29, 0.717) is 12.3 Å². The molecule has 3 rings (SSSR count). The lowest BCUT2D eigenvalue weighted by Crippen LogP contribution is -2.47. The molecule has 1 aromatic rings. The Morgan fingerprint density at radius 1 is 1.35 bits per heavy atom. The van der Waals surface area contributed by atoms with Crippen molar-refractivity contribution in [3.8, 4) is 0 Å². The van der Waals surface area contributed by atoms with E-state index in [4.69, 9.17) is 9.47 Å². The van der Waals surface area contributed by atoms with Crippen LogP contribution in [0.15, 0.2) is 24.5 Å². The topological polar surface area (TPSA) is 51.6 Å². The maximum absolute atomic E-state index is 10.5. The van der Waals surface area contributed by atoms with Gasteiger partial charge in [-0.2, -0.15) is 0 Å². The quantitative estimate of drug-likeness (QED) is 0.917. The number of aliphatic hydroxyl groups is 1. The lowest BCUT2D eigenvalue weighted by atomic mass is 9.77. The summed E-state index contributed by atoms with van der Waals surface area (Å²) >= 11 is 0. The molecule has 4 nitrogen and oxygen atoms in total. The average Bonchev–Trinajstić information content (AvgIpc) is 2.49. The second kappa shape index (κ2) is 6.20. The molecular weight excluding hydrogens is 254 g/mol. The van der Waals surface area contributed by atoms with Crippen molar-refractivity contribution in [1.82, 2.24) is 4.98 Å². The van der Waals surface area contributed by atoms with Crippen molar-refractivity contribution >= 4 is 0 Å². The van der Waals surface area contributed by atoms with E-state index in [9.17, 15) is 5.11 Å². The van der Waals surface area contributed by atoms with Crippen LogP contribution in [0.1, 0.15) is 31.2 Å². The normalized spacial score (nSPS) is 27.4. The van der Waals surface area contributed by atoms with Crippen LogP contribution in [-0.4, -0.2) is 41.6 Å². The van der Waals surface area contributed by atoms with Gasteiger partial charge in [-0.1, -0.05) is 6.07 Å². The molecule has 2 fully saturated rings. The molecule has 3 heterocycles. The van der Waals surface area contributed by atoms with Gasteiger partial charge in [-0.25, -0.2) is 0 Å². The summed E-state index contributed by atoms with van der Waals surface area (Å²) in [7, 11) is 0. The van der Waals surface area contributed by atoms with Crippen molar-refractivity contribution < 1.29 is 14.6 Å². The zero-order chi connectivity index (χ0) is 13.8. The highest BCUT2D eigenvalue weighted by molar-refractivity contribution is 5.10. The molecule has 1 spiro atoms. The first kappa shape index (κ1) is 14.0. The van der Waals surface area contributed by atoms with Crippen molar-refractivity contribution in [2.24, 2.45) is 5.92 Å². The van der Waals surface area contributed by atoms with E-state index in [1.165, 1.54) is 0 Å². The predicted octanol–water partition coefficient (Wildman–Crippen LogP) is 1.96. The van der Waals surface area contributed by atoms with E-state index in [1.54, 1.807) is 6.20 Å². The van der Waals surface area contributed by atoms with Crippen LogP contribution in [0, 0.1) is 5.92 Å². The number of aromatic nitrogens is 1. The monoisotopic (exact) mass is 277 g/mol. The number of ether oxygens (including phenoxy) is 2. The molecule has 0 bridgehead atoms. The largest absolute Gasteiger partial charge is 0.392 e. The minimum absolute atomic E-state index is 0.0446. The summed E-state index contributed by atoms with van der Waals surface area (Å²) in [5, 5.41) is 10.5. The fourth-order valence-electron chi connectivity index (χ4n) is 3.41. The highest BCUT2D eigenvalue weighted by Crippen LogP contribution is 2.38. The van der Waals surface area contributed by atoms with Crippen LogP contribution < -0.4 is 0 Å². The van der Waals surface area contributed by atoms with Crippen molar-refractivity contribution in [3.63, 3.8) is 0 Å².